The second kappa shape index (κ2) is 7.99. The summed E-state index contributed by atoms with van der Waals surface area (Å²) in [7, 11) is 3.13. The summed E-state index contributed by atoms with van der Waals surface area (Å²) in [6.07, 6.45) is 0.128. The number of esters is 1. The zero-order chi connectivity index (χ0) is 19.4. The molecule has 0 unspecified atom stereocenters. The monoisotopic (exact) mass is 366 g/mol. The fourth-order valence-electron chi connectivity index (χ4n) is 3.08. The molecule has 140 valence electrons. The third-order valence-electron chi connectivity index (χ3n) is 4.32. The highest BCUT2D eigenvalue weighted by Crippen LogP contribution is 2.38. The highest BCUT2D eigenvalue weighted by Gasteiger charge is 2.15. The number of phenolic OH excluding ortho intramolecular Hbond substituents is 1. The van der Waals surface area contributed by atoms with E-state index in [-0.39, 0.29) is 17.8 Å². The normalized spacial score (nSPS) is 11.8. The third-order valence-corrected chi connectivity index (χ3v) is 4.32. The van der Waals surface area contributed by atoms with E-state index in [1.165, 1.54) is 0 Å². The van der Waals surface area contributed by atoms with Crippen molar-refractivity contribution in [1.29, 1.82) is 0 Å². The predicted octanol–water partition coefficient (Wildman–Crippen LogP) is 4.35. The van der Waals surface area contributed by atoms with Gasteiger partial charge in [-0.2, -0.15) is 0 Å². The molecule has 0 aliphatic rings. The minimum Gasteiger partial charge on any atom is -0.507 e. The van der Waals surface area contributed by atoms with Gasteiger partial charge >= 0.3 is 5.97 Å². The Bertz CT molecular complexity index is 950. The Kier molecular flexibility index (Phi) is 5.50. The number of rotatable bonds is 6. The second-order valence-corrected chi connectivity index (χ2v) is 6.33. The van der Waals surface area contributed by atoms with Gasteiger partial charge in [-0.3, -0.25) is 0 Å². The van der Waals surface area contributed by atoms with Crippen LogP contribution in [0.4, 0.5) is 0 Å². The molecule has 0 amide bonds. The van der Waals surface area contributed by atoms with Gasteiger partial charge in [0.15, 0.2) is 0 Å². The summed E-state index contributed by atoms with van der Waals surface area (Å²) in [6.45, 7) is 1.83. The summed E-state index contributed by atoms with van der Waals surface area (Å²) in [4.78, 5) is 12.2. The van der Waals surface area contributed by atoms with Gasteiger partial charge in [-0.1, -0.05) is 24.3 Å². The molecule has 0 aromatic heterocycles. The van der Waals surface area contributed by atoms with E-state index >= 15 is 0 Å². The van der Waals surface area contributed by atoms with E-state index < -0.39 is 0 Å². The lowest BCUT2D eigenvalue weighted by atomic mass is 10.0. The lowest BCUT2D eigenvalue weighted by Crippen LogP contribution is -2.17. The maximum Gasteiger partial charge on any atom is 0.338 e. The molecule has 0 saturated carbocycles. The number of aromatic hydroxyl groups is 1. The Balaban J connectivity index is 1.83. The van der Waals surface area contributed by atoms with Crippen molar-refractivity contribution in [3.8, 4) is 17.2 Å². The Morgan fingerprint density at radius 1 is 1.04 bits per heavy atom. The van der Waals surface area contributed by atoms with Gasteiger partial charge in [-0.05, 0) is 42.1 Å². The standard InChI is InChI=1S/C22H22O5/c1-14(27-22(24)16-7-5-4-6-8-16)9-15-10-17-12-18(25-2)13-20(26-3)21(17)19(23)11-15/h4-8,10-14,23H,9H2,1-3H3/t14-/m1/s1. The van der Waals surface area contributed by atoms with Gasteiger partial charge in [0.2, 0.25) is 0 Å². The second-order valence-electron chi connectivity index (χ2n) is 6.33. The number of benzene rings is 3. The summed E-state index contributed by atoms with van der Waals surface area (Å²) >= 11 is 0. The van der Waals surface area contributed by atoms with Crippen LogP contribution in [0.25, 0.3) is 10.8 Å². The Labute approximate surface area is 158 Å². The fourth-order valence-corrected chi connectivity index (χ4v) is 3.08. The van der Waals surface area contributed by atoms with Crippen LogP contribution in [-0.4, -0.2) is 31.4 Å². The van der Waals surface area contributed by atoms with E-state index in [2.05, 4.69) is 0 Å². The quantitative estimate of drug-likeness (QED) is 0.657. The number of carbonyl (C=O) groups is 1. The van der Waals surface area contributed by atoms with E-state index in [0.717, 1.165) is 10.9 Å². The largest absolute Gasteiger partial charge is 0.507 e. The third kappa shape index (κ3) is 4.14. The molecule has 27 heavy (non-hydrogen) atoms. The van der Waals surface area contributed by atoms with E-state index in [0.29, 0.717) is 28.9 Å². The molecular weight excluding hydrogens is 344 g/mol. The van der Waals surface area contributed by atoms with E-state index in [9.17, 15) is 9.90 Å². The average Bonchev–Trinajstić information content (AvgIpc) is 2.67. The minimum atomic E-state index is -0.364. The number of methoxy groups -OCH3 is 2. The molecule has 1 N–H and O–H groups in total. The molecule has 0 fully saturated rings. The van der Waals surface area contributed by atoms with Crippen molar-refractivity contribution in [1.82, 2.24) is 0 Å². The van der Waals surface area contributed by atoms with Crippen LogP contribution in [0.5, 0.6) is 17.2 Å². The van der Waals surface area contributed by atoms with Gasteiger partial charge in [0.25, 0.3) is 0 Å². The first-order valence-corrected chi connectivity index (χ1v) is 8.65. The van der Waals surface area contributed by atoms with Crippen LogP contribution in [0, 0.1) is 0 Å². The molecule has 0 radical (unpaired) electrons. The first kappa shape index (κ1) is 18.6. The number of carbonyl (C=O) groups excluding carboxylic acids is 1. The van der Waals surface area contributed by atoms with Crippen molar-refractivity contribution in [3.63, 3.8) is 0 Å². The SMILES string of the molecule is COc1cc(OC)c2c(O)cc(C[C@@H](C)OC(=O)c3ccccc3)cc2c1. The first-order valence-electron chi connectivity index (χ1n) is 8.65. The van der Waals surface area contributed by atoms with Crippen LogP contribution in [0.1, 0.15) is 22.8 Å². The van der Waals surface area contributed by atoms with Crippen molar-refractivity contribution in [2.75, 3.05) is 14.2 Å². The van der Waals surface area contributed by atoms with Crippen molar-refractivity contribution < 1.29 is 24.1 Å². The summed E-state index contributed by atoms with van der Waals surface area (Å²) in [6, 6.07) is 16.0. The number of hydrogen-bond acceptors (Lipinski definition) is 5. The number of fused-ring (bicyclic) bond motifs is 1. The molecule has 3 rings (SSSR count). The molecule has 0 heterocycles. The van der Waals surface area contributed by atoms with Crippen molar-refractivity contribution in [2.24, 2.45) is 0 Å². The molecule has 5 nitrogen and oxygen atoms in total. The molecule has 0 saturated heterocycles. The van der Waals surface area contributed by atoms with Gasteiger partial charge in [0.05, 0.1) is 25.2 Å². The topological polar surface area (TPSA) is 65.0 Å². The summed E-state index contributed by atoms with van der Waals surface area (Å²) in [5.74, 6) is 0.927. The van der Waals surface area contributed by atoms with E-state index in [1.807, 2.05) is 25.1 Å². The Morgan fingerprint density at radius 2 is 1.78 bits per heavy atom. The fraction of sp³-hybridized carbons (Fsp3) is 0.227. The molecule has 0 aliphatic heterocycles. The van der Waals surface area contributed by atoms with Crippen LogP contribution in [0.2, 0.25) is 0 Å². The maximum atomic E-state index is 12.2. The molecular formula is C22H22O5. The van der Waals surface area contributed by atoms with Gasteiger partial charge in [-0.15, -0.1) is 0 Å². The highest BCUT2D eigenvalue weighted by molar-refractivity contribution is 5.95. The van der Waals surface area contributed by atoms with Crippen molar-refractivity contribution >= 4 is 16.7 Å². The van der Waals surface area contributed by atoms with Crippen molar-refractivity contribution in [3.05, 3.63) is 65.7 Å². The van der Waals surface area contributed by atoms with Crippen LogP contribution in [-0.2, 0) is 11.2 Å². The molecule has 1 atom stereocenters. The van der Waals surface area contributed by atoms with Crippen LogP contribution in [0.3, 0.4) is 0 Å². The van der Waals surface area contributed by atoms with Gasteiger partial charge in [-0.25, -0.2) is 4.79 Å². The van der Waals surface area contributed by atoms with Crippen LogP contribution >= 0.6 is 0 Å². The molecule has 3 aromatic carbocycles. The molecule has 5 heteroatoms. The smallest absolute Gasteiger partial charge is 0.338 e. The Morgan fingerprint density at radius 3 is 2.44 bits per heavy atom. The number of phenols is 1. The first-order chi connectivity index (χ1) is 13.0. The predicted molar refractivity (Wildman–Crippen MR) is 104 cm³/mol. The van der Waals surface area contributed by atoms with Gasteiger partial charge < -0.3 is 19.3 Å². The molecule has 3 aromatic rings. The van der Waals surface area contributed by atoms with E-state index in [4.69, 9.17) is 14.2 Å². The maximum absolute atomic E-state index is 12.2. The lowest BCUT2D eigenvalue weighted by Gasteiger charge is -2.15. The minimum absolute atomic E-state index is 0.114. The van der Waals surface area contributed by atoms with E-state index in [1.54, 1.807) is 50.6 Å². The highest BCUT2D eigenvalue weighted by atomic mass is 16.5. The summed E-state index contributed by atoms with van der Waals surface area (Å²) in [5.41, 5.74) is 1.36. The van der Waals surface area contributed by atoms with Gasteiger partial charge in [0.1, 0.15) is 23.4 Å². The molecule has 0 aliphatic carbocycles. The summed E-state index contributed by atoms with van der Waals surface area (Å²) in [5, 5.41) is 11.9. The van der Waals surface area contributed by atoms with Gasteiger partial charge in [0, 0.05) is 12.5 Å². The van der Waals surface area contributed by atoms with Crippen LogP contribution < -0.4 is 9.47 Å². The molecule has 0 spiro atoms. The zero-order valence-electron chi connectivity index (χ0n) is 15.6. The molecule has 0 bridgehead atoms. The lowest BCUT2D eigenvalue weighted by molar-refractivity contribution is 0.0343. The summed E-state index contributed by atoms with van der Waals surface area (Å²) < 4.78 is 16.2. The van der Waals surface area contributed by atoms with Crippen molar-refractivity contribution in [2.45, 2.75) is 19.4 Å². The van der Waals surface area contributed by atoms with Crippen LogP contribution in [0.15, 0.2) is 54.6 Å². The average molecular weight is 366 g/mol. The number of ether oxygens (including phenoxy) is 3. The Hall–Kier alpha value is -3.21. The zero-order valence-corrected chi connectivity index (χ0v) is 15.6. The number of hydrogen-bond donors (Lipinski definition) is 1.